The van der Waals surface area contributed by atoms with E-state index in [-0.39, 0.29) is 18.3 Å². The van der Waals surface area contributed by atoms with Crippen molar-refractivity contribution in [2.45, 2.75) is 0 Å². The Morgan fingerprint density at radius 3 is 2.72 bits per heavy atom. The monoisotopic (exact) mass is 360 g/mol. The lowest BCUT2D eigenvalue weighted by molar-refractivity contribution is -0.122. The van der Waals surface area contributed by atoms with Gasteiger partial charge in [0, 0.05) is 18.0 Å². The molecule has 128 valence electrons. The quantitative estimate of drug-likeness (QED) is 0.745. The van der Waals surface area contributed by atoms with Crippen molar-refractivity contribution in [3.8, 4) is 17.0 Å². The fourth-order valence-electron chi connectivity index (χ4n) is 2.16. The molecule has 0 aliphatic heterocycles. The molecule has 0 spiro atoms. The average Bonchev–Trinajstić information content (AvgIpc) is 3.05. The predicted octanol–water partition coefficient (Wildman–Crippen LogP) is 2.33. The molecule has 3 aromatic rings. The molecule has 0 atom stereocenters. The number of nitrogens with zero attached hydrogens (tertiary/aromatic N) is 2. The summed E-state index contributed by atoms with van der Waals surface area (Å²) in [6.07, 6.45) is 1.33. The summed E-state index contributed by atoms with van der Waals surface area (Å²) in [5, 5.41) is 6.87. The lowest BCUT2D eigenvalue weighted by Gasteiger charge is -2.08. The fourth-order valence-corrected chi connectivity index (χ4v) is 3.06. The van der Waals surface area contributed by atoms with Gasteiger partial charge in [0.05, 0.1) is 5.39 Å². The van der Waals surface area contributed by atoms with E-state index in [4.69, 9.17) is 4.74 Å². The molecule has 0 radical (unpaired) electrons. The lowest BCUT2D eigenvalue weighted by atomic mass is 10.1. The van der Waals surface area contributed by atoms with Crippen molar-refractivity contribution in [1.82, 2.24) is 20.6 Å². The van der Waals surface area contributed by atoms with Crippen LogP contribution >= 0.6 is 11.3 Å². The molecule has 0 unspecified atom stereocenters. The highest BCUT2D eigenvalue weighted by Crippen LogP contribution is 2.37. The van der Waals surface area contributed by atoms with E-state index >= 15 is 0 Å². The fraction of sp³-hybridized carbons (Fsp3) is 0.125. The summed E-state index contributed by atoms with van der Waals surface area (Å²) < 4.78 is 18.6. The van der Waals surface area contributed by atoms with Crippen LogP contribution in [-0.2, 0) is 4.79 Å². The van der Waals surface area contributed by atoms with Crippen molar-refractivity contribution in [2.24, 2.45) is 0 Å². The normalized spacial score (nSPS) is 10.5. The number of carbonyl (C=O) groups excluding carboxylic acids is 2. The number of hydrogen-bond acceptors (Lipinski definition) is 6. The number of imide groups is 1. The van der Waals surface area contributed by atoms with Crippen molar-refractivity contribution < 1.29 is 18.7 Å². The Morgan fingerprint density at radius 1 is 1.24 bits per heavy atom. The number of carbonyl (C=O) groups is 2. The number of amides is 3. The summed E-state index contributed by atoms with van der Waals surface area (Å²) in [7, 11) is 1.40. The number of hydrogen-bond donors (Lipinski definition) is 2. The van der Waals surface area contributed by atoms with Crippen molar-refractivity contribution in [3.05, 3.63) is 41.8 Å². The number of urea groups is 1. The van der Waals surface area contributed by atoms with E-state index in [9.17, 15) is 14.0 Å². The van der Waals surface area contributed by atoms with Gasteiger partial charge in [0.2, 0.25) is 5.88 Å². The number of ether oxygens (including phenoxy) is 1. The number of thiophene rings is 1. The second kappa shape index (κ2) is 7.22. The topological polar surface area (TPSA) is 93.2 Å². The maximum Gasteiger partial charge on any atom is 0.321 e. The van der Waals surface area contributed by atoms with Gasteiger partial charge in [-0.05, 0) is 17.7 Å². The molecular formula is C16H13FN4O3S. The van der Waals surface area contributed by atoms with Crippen LogP contribution in [0.25, 0.3) is 21.3 Å². The molecule has 2 heterocycles. The van der Waals surface area contributed by atoms with Crippen LogP contribution in [0, 0.1) is 5.82 Å². The Balaban J connectivity index is 1.88. The zero-order valence-electron chi connectivity index (χ0n) is 13.1. The molecule has 0 saturated heterocycles. The van der Waals surface area contributed by atoms with Crippen molar-refractivity contribution >= 4 is 33.5 Å². The van der Waals surface area contributed by atoms with Gasteiger partial charge in [-0.15, -0.1) is 11.3 Å². The van der Waals surface area contributed by atoms with Crippen molar-refractivity contribution in [2.75, 3.05) is 13.7 Å². The zero-order valence-corrected chi connectivity index (χ0v) is 13.9. The molecule has 0 aliphatic carbocycles. The molecule has 1 aromatic carbocycles. The molecule has 3 amide bonds. The maximum absolute atomic E-state index is 13.1. The lowest BCUT2D eigenvalue weighted by Crippen LogP contribution is -2.40. The third-order valence-electron chi connectivity index (χ3n) is 3.31. The summed E-state index contributed by atoms with van der Waals surface area (Å²) in [5.74, 6) is -0.718. The van der Waals surface area contributed by atoms with Crippen LogP contribution in [0.4, 0.5) is 9.18 Å². The van der Waals surface area contributed by atoms with E-state index < -0.39 is 11.9 Å². The number of aromatic nitrogens is 2. The SMILES string of the molecule is CNC(=O)NC(=O)COc1ncnc2scc(-c3ccc(F)cc3)c12. The zero-order chi connectivity index (χ0) is 17.8. The minimum Gasteiger partial charge on any atom is -0.467 e. The summed E-state index contributed by atoms with van der Waals surface area (Å²) in [6, 6.07) is 5.39. The highest BCUT2D eigenvalue weighted by molar-refractivity contribution is 7.17. The van der Waals surface area contributed by atoms with Crippen LogP contribution in [0.3, 0.4) is 0 Å². The minimum atomic E-state index is -0.621. The van der Waals surface area contributed by atoms with Crippen LogP contribution in [0.1, 0.15) is 0 Å². The maximum atomic E-state index is 13.1. The van der Waals surface area contributed by atoms with Crippen LogP contribution in [0.2, 0.25) is 0 Å². The first-order chi connectivity index (χ1) is 12.1. The second-order valence-corrected chi connectivity index (χ2v) is 5.79. The molecule has 0 aliphatic rings. The van der Waals surface area contributed by atoms with E-state index in [1.807, 2.05) is 5.38 Å². The number of nitrogens with one attached hydrogen (secondary N) is 2. The van der Waals surface area contributed by atoms with Gasteiger partial charge in [-0.25, -0.2) is 19.2 Å². The van der Waals surface area contributed by atoms with E-state index in [0.29, 0.717) is 10.2 Å². The van der Waals surface area contributed by atoms with Crippen LogP contribution in [-0.4, -0.2) is 35.6 Å². The summed E-state index contributed by atoms with van der Waals surface area (Å²) in [6.45, 7) is -0.377. The van der Waals surface area contributed by atoms with E-state index in [2.05, 4.69) is 20.6 Å². The van der Waals surface area contributed by atoms with Gasteiger partial charge in [-0.2, -0.15) is 0 Å². The van der Waals surface area contributed by atoms with Crippen molar-refractivity contribution in [3.63, 3.8) is 0 Å². The smallest absolute Gasteiger partial charge is 0.321 e. The van der Waals surface area contributed by atoms with Crippen LogP contribution in [0.15, 0.2) is 36.0 Å². The van der Waals surface area contributed by atoms with Gasteiger partial charge < -0.3 is 10.1 Å². The summed E-state index contributed by atoms with van der Waals surface area (Å²) in [5.41, 5.74) is 1.56. The first kappa shape index (κ1) is 16.8. The molecule has 2 N–H and O–H groups in total. The molecule has 7 nitrogen and oxygen atoms in total. The predicted molar refractivity (Wildman–Crippen MR) is 90.9 cm³/mol. The Hall–Kier alpha value is -3.07. The highest BCUT2D eigenvalue weighted by Gasteiger charge is 2.16. The van der Waals surface area contributed by atoms with Gasteiger partial charge in [0.1, 0.15) is 17.0 Å². The Morgan fingerprint density at radius 2 is 2.00 bits per heavy atom. The number of halogens is 1. The standard InChI is InChI=1S/C16H13FN4O3S/c1-18-16(23)21-12(22)6-24-14-13-11(7-25-15(13)20-8-19-14)9-2-4-10(17)5-3-9/h2-5,7-8H,6H2,1H3,(H2,18,21,22,23). The summed E-state index contributed by atoms with van der Waals surface area (Å²) >= 11 is 1.39. The van der Waals surface area contributed by atoms with Gasteiger partial charge in [-0.1, -0.05) is 12.1 Å². The highest BCUT2D eigenvalue weighted by atomic mass is 32.1. The molecule has 0 saturated carbocycles. The minimum absolute atomic E-state index is 0.220. The molecular weight excluding hydrogens is 347 g/mol. The van der Waals surface area contributed by atoms with Crippen LogP contribution < -0.4 is 15.4 Å². The largest absolute Gasteiger partial charge is 0.467 e. The molecule has 25 heavy (non-hydrogen) atoms. The molecule has 2 aromatic heterocycles. The Kier molecular flexibility index (Phi) is 4.85. The van der Waals surface area contributed by atoms with Gasteiger partial charge in [-0.3, -0.25) is 10.1 Å². The first-order valence-electron chi connectivity index (χ1n) is 7.21. The number of rotatable bonds is 4. The number of benzene rings is 1. The summed E-state index contributed by atoms with van der Waals surface area (Å²) in [4.78, 5) is 31.7. The molecule has 0 fully saturated rings. The van der Waals surface area contributed by atoms with Crippen LogP contribution in [0.5, 0.6) is 5.88 Å². The third-order valence-corrected chi connectivity index (χ3v) is 4.20. The first-order valence-corrected chi connectivity index (χ1v) is 8.09. The third kappa shape index (κ3) is 3.72. The second-order valence-electron chi connectivity index (χ2n) is 4.93. The van der Waals surface area contributed by atoms with Gasteiger partial charge in [0.25, 0.3) is 5.91 Å². The van der Waals surface area contributed by atoms with E-state index in [1.54, 1.807) is 12.1 Å². The number of fused-ring (bicyclic) bond motifs is 1. The molecule has 9 heteroatoms. The Labute approximate surface area is 145 Å². The van der Waals surface area contributed by atoms with E-state index in [1.165, 1.54) is 36.8 Å². The van der Waals surface area contributed by atoms with Gasteiger partial charge in [0.15, 0.2) is 6.61 Å². The van der Waals surface area contributed by atoms with E-state index in [0.717, 1.165) is 11.1 Å². The van der Waals surface area contributed by atoms with Gasteiger partial charge >= 0.3 is 6.03 Å². The van der Waals surface area contributed by atoms with Crippen molar-refractivity contribution in [1.29, 1.82) is 0 Å². The molecule has 0 bridgehead atoms. The molecule has 3 rings (SSSR count). The Bertz CT molecular complexity index is 927. The average molecular weight is 360 g/mol.